The summed E-state index contributed by atoms with van der Waals surface area (Å²) >= 11 is 1.93. The van der Waals surface area contributed by atoms with Crippen LogP contribution in [0.2, 0.25) is 0 Å². The van der Waals surface area contributed by atoms with Crippen LogP contribution in [0.3, 0.4) is 0 Å². The van der Waals surface area contributed by atoms with E-state index >= 15 is 0 Å². The smallest absolute Gasteiger partial charge is 0.0506 e. The fraction of sp³-hybridized carbons (Fsp3) is 0.733. The zero-order valence-corrected chi connectivity index (χ0v) is 13.0. The number of nitrogens with zero attached hydrogens (tertiary/aromatic N) is 1. The van der Waals surface area contributed by atoms with Crippen LogP contribution >= 0.6 is 11.3 Å². The Hall–Kier alpha value is -0.420. The van der Waals surface area contributed by atoms with E-state index in [2.05, 4.69) is 36.3 Å². The number of hydrogen-bond donors (Lipinski definition) is 1. The Labute approximate surface area is 121 Å². The zero-order chi connectivity index (χ0) is 13.5. The molecular formula is C15H26N2OS. The second-order valence-corrected chi connectivity index (χ2v) is 6.68. The summed E-state index contributed by atoms with van der Waals surface area (Å²) in [7, 11) is 2.22. The van der Waals surface area contributed by atoms with Crippen molar-refractivity contribution in [2.75, 3.05) is 33.4 Å². The lowest BCUT2D eigenvalue weighted by molar-refractivity contribution is 0.0413. The van der Waals surface area contributed by atoms with Gasteiger partial charge in [-0.1, -0.05) is 6.92 Å². The normalized spacial score (nSPS) is 20.1. The minimum atomic E-state index is 0.722. The molecule has 0 spiro atoms. The van der Waals surface area contributed by atoms with Gasteiger partial charge >= 0.3 is 0 Å². The molecule has 19 heavy (non-hydrogen) atoms. The first-order valence-corrected chi connectivity index (χ1v) is 8.14. The molecule has 2 heterocycles. The number of nitrogens with one attached hydrogen (secondary N) is 1. The van der Waals surface area contributed by atoms with E-state index in [-0.39, 0.29) is 0 Å². The molecule has 4 heteroatoms. The van der Waals surface area contributed by atoms with Crippen molar-refractivity contribution in [3.05, 3.63) is 21.9 Å². The summed E-state index contributed by atoms with van der Waals surface area (Å²) in [6.07, 6.45) is 2.55. The van der Waals surface area contributed by atoms with Crippen LogP contribution in [0.15, 0.2) is 12.1 Å². The van der Waals surface area contributed by atoms with Gasteiger partial charge in [-0.15, -0.1) is 11.3 Å². The maximum atomic E-state index is 5.55. The van der Waals surface area contributed by atoms with Crippen LogP contribution in [0, 0.1) is 5.92 Å². The van der Waals surface area contributed by atoms with Gasteiger partial charge in [0.25, 0.3) is 0 Å². The minimum Gasteiger partial charge on any atom is -0.381 e. The van der Waals surface area contributed by atoms with E-state index in [1.165, 1.54) is 22.6 Å². The zero-order valence-electron chi connectivity index (χ0n) is 12.2. The van der Waals surface area contributed by atoms with E-state index in [9.17, 15) is 0 Å². The Kier molecular flexibility index (Phi) is 6.31. The summed E-state index contributed by atoms with van der Waals surface area (Å²) in [5.74, 6) is 0.722. The maximum Gasteiger partial charge on any atom is 0.0506 e. The Morgan fingerprint density at radius 1 is 1.42 bits per heavy atom. The first-order valence-electron chi connectivity index (χ1n) is 7.32. The lowest BCUT2D eigenvalue weighted by Crippen LogP contribution is -2.30. The average molecular weight is 282 g/mol. The number of ether oxygens (including phenoxy) is 1. The number of rotatable bonds is 7. The monoisotopic (exact) mass is 282 g/mol. The molecule has 3 nitrogen and oxygen atoms in total. The molecule has 0 aliphatic carbocycles. The van der Waals surface area contributed by atoms with Crippen molar-refractivity contribution < 1.29 is 4.74 Å². The highest BCUT2D eigenvalue weighted by Gasteiger charge is 2.16. The van der Waals surface area contributed by atoms with Gasteiger partial charge < -0.3 is 15.0 Å². The molecule has 1 atom stereocenters. The summed E-state index contributed by atoms with van der Waals surface area (Å²) < 4.78 is 5.55. The number of thiophene rings is 1. The van der Waals surface area contributed by atoms with E-state index in [1.54, 1.807) is 0 Å². The summed E-state index contributed by atoms with van der Waals surface area (Å²) in [4.78, 5) is 5.33. The van der Waals surface area contributed by atoms with Crippen LogP contribution in [0.1, 0.15) is 29.5 Å². The Morgan fingerprint density at radius 3 is 3.00 bits per heavy atom. The van der Waals surface area contributed by atoms with Crippen LogP contribution in [-0.4, -0.2) is 38.3 Å². The molecule has 0 radical (unpaired) electrons. The van der Waals surface area contributed by atoms with Crippen molar-refractivity contribution in [3.8, 4) is 0 Å². The van der Waals surface area contributed by atoms with Crippen LogP contribution in [0.5, 0.6) is 0 Å². The largest absolute Gasteiger partial charge is 0.381 e. The summed E-state index contributed by atoms with van der Waals surface area (Å²) in [6, 6.07) is 4.52. The lowest BCUT2D eigenvalue weighted by Gasteiger charge is -2.26. The molecule has 1 aliphatic heterocycles. The molecule has 0 aromatic carbocycles. The molecule has 0 amide bonds. The fourth-order valence-electron chi connectivity index (χ4n) is 2.57. The third-order valence-electron chi connectivity index (χ3n) is 3.52. The first-order chi connectivity index (χ1) is 9.28. The predicted octanol–water partition coefficient (Wildman–Crippen LogP) is 2.72. The molecule has 1 N–H and O–H groups in total. The van der Waals surface area contributed by atoms with Crippen molar-refractivity contribution in [1.82, 2.24) is 10.2 Å². The van der Waals surface area contributed by atoms with E-state index in [4.69, 9.17) is 4.74 Å². The standard InChI is InChI=1S/C15H26N2OS/c1-3-16-9-14-6-7-15(19-14)11-17(2)10-13-5-4-8-18-12-13/h6-7,13,16H,3-5,8-12H2,1-2H3. The lowest BCUT2D eigenvalue weighted by atomic mass is 10.0. The number of hydrogen-bond acceptors (Lipinski definition) is 4. The highest BCUT2D eigenvalue weighted by Crippen LogP contribution is 2.20. The molecule has 0 saturated carbocycles. The van der Waals surface area contributed by atoms with E-state index < -0.39 is 0 Å². The van der Waals surface area contributed by atoms with E-state index in [1.807, 2.05) is 11.3 Å². The molecule has 1 aromatic heterocycles. The van der Waals surface area contributed by atoms with E-state index in [0.717, 1.165) is 45.3 Å². The molecule has 1 fully saturated rings. The Balaban J connectivity index is 1.74. The first kappa shape index (κ1) is 15.0. The third-order valence-corrected chi connectivity index (χ3v) is 4.59. The minimum absolute atomic E-state index is 0.722. The van der Waals surface area contributed by atoms with Gasteiger partial charge in [0.2, 0.25) is 0 Å². The van der Waals surface area contributed by atoms with Crippen molar-refractivity contribution in [2.45, 2.75) is 32.9 Å². The van der Waals surface area contributed by atoms with Gasteiger partial charge in [-0.3, -0.25) is 0 Å². The summed E-state index contributed by atoms with van der Waals surface area (Å²) in [6.45, 7) is 8.30. The van der Waals surface area contributed by atoms with Gasteiger partial charge in [0, 0.05) is 36.0 Å². The fourth-order valence-corrected chi connectivity index (χ4v) is 3.64. The second kappa shape index (κ2) is 8.00. The van der Waals surface area contributed by atoms with Crippen molar-refractivity contribution in [3.63, 3.8) is 0 Å². The summed E-state index contributed by atoms with van der Waals surface area (Å²) in [5, 5.41) is 3.38. The van der Waals surface area contributed by atoms with Crippen LogP contribution in [0.25, 0.3) is 0 Å². The van der Waals surface area contributed by atoms with Gasteiger partial charge in [-0.25, -0.2) is 0 Å². The maximum absolute atomic E-state index is 5.55. The van der Waals surface area contributed by atoms with Gasteiger partial charge in [0.1, 0.15) is 0 Å². The molecule has 1 aliphatic rings. The van der Waals surface area contributed by atoms with E-state index in [0.29, 0.717) is 0 Å². The van der Waals surface area contributed by atoms with Crippen LogP contribution in [0.4, 0.5) is 0 Å². The quantitative estimate of drug-likeness (QED) is 0.832. The van der Waals surface area contributed by atoms with Crippen LogP contribution < -0.4 is 5.32 Å². The SMILES string of the molecule is CCNCc1ccc(CN(C)CC2CCCOC2)s1. The van der Waals surface area contributed by atoms with Crippen molar-refractivity contribution in [2.24, 2.45) is 5.92 Å². The predicted molar refractivity (Wildman–Crippen MR) is 81.6 cm³/mol. The average Bonchev–Trinajstić information content (AvgIpc) is 2.85. The van der Waals surface area contributed by atoms with Gasteiger partial charge in [-0.2, -0.15) is 0 Å². The molecular weight excluding hydrogens is 256 g/mol. The second-order valence-electron chi connectivity index (χ2n) is 5.43. The van der Waals surface area contributed by atoms with Crippen molar-refractivity contribution >= 4 is 11.3 Å². The highest BCUT2D eigenvalue weighted by molar-refractivity contribution is 7.11. The van der Waals surface area contributed by atoms with Crippen molar-refractivity contribution in [1.29, 1.82) is 0 Å². The topological polar surface area (TPSA) is 24.5 Å². The van der Waals surface area contributed by atoms with Gasteiger partial charge in [0.05, 0.1) is 6.61 Å². The molecule has 1 unspecified atom stereocenters. The van der Waals surface area contributed by atoms with Crippen LogP contribution in [-0.2, 0) is 17.8 Å². The molecule has 1 aromatic rings. The van der Waals surface area contributed by atoms with Gasteiger partial charge in [-0.05, 0) is 44.5 Å². The highest BCUT2D eigenvalue weighted by atomic mass is 32.1. The molecule has 108 valence electrons. The molecule has 1 saturated heterocycles. The summed E-state index contributed by atoms with van der Waals surface area (Å²) in [5.41, 5.74) is 0. The van der Waals surface area contributed by atoms with Gasteiger partial charge in [0.15, 0.2) is 0 Å². The molecule has 2 rings (SSSR count). The Morgan fingerprint density at radius 2 is 2.26 bits per heavy atom. The Bertz CT molecular complexity index is 361. The third kappa shape index (κ3) is 5.22. The molecule has 0 bridgehead atoms.